The van der Waals surface area contributed by atoms with Gasteiger partial charge in [-0.1, -0.05) is 45.6 Å². The Morgan fingerprint density at radius 3 is 2.46 bits per heavy atom. The molecule has 0 aliphatic heterocycles. The summed E-state index contributed by atoms with van der Waals surface area (Å²) in [4.78, 5) is 4.15. The maximum atomic E-state index is 4.15. The lowest BCUT2D eigenvalue weighted by atomic mass is 10.3. The predicted octanol–water partition coefficient (Wildman–Crippen LogP) is 4.14. The van der Waals surface area contributed by atoms with Gasteiger partial charge < -0.3 is 0 Å². The van der Waals surface area contributed by atoms with Crippen molar-refractivity contribution in [3.8, 4) is 0 Å². The molecule has 0 aliphatic carbocycles. The van der Waals surface area contributed by atoms with Gasteiger partial charge in [-0.15, -0.1) is 0 Å². The summed E-state index contributed by atoms with van der Waals surface area (Å²) in [6.07, 6.45) is 10.4. The average Bonchev–Trinajstić information content (AvgIpc) is 2.18. The van der Waals surface area contributed by atoms with E-state index in [1.54, 1.807) is 6.08 Å². The van der Waals surface area contributed by atoms with Gasteiger partial charge in [-0.05, 0) is 19.4 Å². The van der Waals surface area contributed by atoms with Crippen LogP contribution in [0.4, 0.5) is 0 Å². The maximum absolute atomic E-state index is 4.15. The fourth-order valence-electron chi connectivity index (χ4n) is 0.526. The van der Waals surface area contributed by atoms with Crippen molar-refractivity contribution in [3.63, 3.8) is 0 Å². The second kappa shape index (κ2) is 13.5. The molecule has 0 radical (unpaired) electrons. The molecule has 0 aromatic carbocycles. The van der Waals surface area contributed by atoms with E-state index < -0.39 is 0 Å². The van der Waals surface area contributed by atoms with Crippen LogP contribution >= 0.6 is 0 Å². The highest BCUT2D eigenvalue weighted by Gasteiger charge is 1.76. The van der Waals surface area contributed by atoms with E-state index in [0.717, 1.165) is 12.1 Å². The summed E-state index contributed by atoms with van der Waals surface area (Å²) >= 11 is 0. The highest BCUT2D eigenvalue weighted by atomic mass is 14.7. The van der Waals surface area contributed by atoms with Gasteiger partial charge in [-0.25, -0.2) is 0 Å². The molecule has 0 aromatic heterocycles. The third-order valence-corrected chi connectivity index (χ3v) is 1.09. The van der Waals surface area contributed by atoms with Gasteiger partial charge >= 0.3 is 0 Å². The molecule has 0 atom stereocenters. The Balaban J connectivity index is 0. The lowest BCUT2D eigenvalue weighted by Gasteiger charge is -1.84. The third kappa shape index (κ3) is 13.8. The minimum absolute atomic E-state index is 0.995. The van der Waals surface area contributed by atoms with Gasteiger partial charge in [0.15, 0.2) is 0 Å². The zero-order chi connectivity index (χ0) is 10.5. The first kappa shape index (κ1) is 14.4. The summed E-state index contributed by atoms with van der Waals surface area (Å²) in [5.74, 6) is 0. The van der Waals surface area contributed by atoms with Crippen LogP contribution < -0.4 is 0 Å². The molecule has 0 aliphatic rings. The Hall–Kier alpha value is -1.11. The van der Waals surface area contributed by atoms with E-state index in [-0.39, 0.29) is 0 Å². The van der Waals surface area contributed by atoms with E-state index in [0.29, 0.717) is 0 Å². The zero-order valence-corrected chi connectivity index (χ0v) is 9.25. The minimum Gasteiger partial charge on any atom is -0.262 e. The molecule has 0 unspecified atom stereocenters. The van der Waals surface area contributed by atoms with Gasteiger partial charge in [0.05, 0.1) is 0 Å². The first-order valence-electron chi connectivity index (χ1n) is 4.79. The Morgan fingerprint density at radius 2 is 2.00 bits per heavy atom. The van der Waals surface area contributed by atoms with Crippen molar-refractivity contribution in [2.24, 2.45) is 4.99 Å². The molecule has 0 spiro atoms. The van der Waals surface area contributed by atoms with Crippen LogP contribution in [0.15, 0.2) is 42.1 Å². The lowest BCUT2D eigenvalue weighted by Crippen LogP contribution is -1.80. The number of allylic oxidation sites excluding steroid dienone is 4. The van der Waals surface area contributed by atoms with Crippen molar-refractivity contribution in [1.29, 1.82) is 0 Å². The summed E-state index contributed by atoms with van der Waals surface area (Å²) in [6, 6.07) is 0. The fraction of sp³-hybridized carbons (Fsp3) is 0.417. The van der Waals surface area contributed by atoms with E-state index >= 15 is 0 Å². The standard InChI is InChI=1S/C10H15N.C2H6/c1-4-6-8-10(3)11-9-7-5-2;1-2/h4,6-9H,1,5H2,2-3H3;1-2H3/b8-6-,9-7-,11-10-;. The van der Waals surface area contributed by atoms with Gasteiger partial charge in [0.2, 0.25) is 0 Å². The van der Waals surface area contributed by atoms with E-state index in [2.05, 4.69) is 18.5 Å². The van der Waals surface area contributed by atoms with Crippen LogP contribution in [0.25, 0.3) is 0 Å². The number of aliphatic imine (C=N–C) groups is 1. The van der Waals surface area contributed by atoms with E-state index in [9.17, 15) is 0 Å². The summed E-state index contributed by atoms with van der Waals surface area (Å²) in [6.45, 7) is 11.6. The normalized spacial score (nSPS) is 11.5. The molecule has 0 saturated heterocycles. The van der Waals surface area contributed by atoms with Crippen LogP contribution in [0.1, 0.15) is 34.1 Å². The summed E-state index contributed by atoms with van der Waals surface area (Å²) in [7, 11) is 0. The van der Waals surface area contributed by atoms with Crippen LogP contribution in [0.5, 0.6) is 0 Å². The van der Waals surface area contributed by atoms with E-state index in [1.807, 2.05) is 45.2 Å². The van der Waals surface area contributed by atoms with Crippen molar-refractivity contribution < 1.29 is 0 Å². The van der Waals surface area contributed by atoms with Crippen molar-refractivity contribution in [3.05, 3.63) is 37.1 Å². The van der Waals surface area contributed by atoms with Gasteiger partial charge in [0.25, 0.3) is 0 Å². The molecule has 74 valence electrons. The Bertz CT molecular complexity index is 185. The SMILES string of the molecule is C=C\C=C/C(C)=N\C=C/CC.CC. The Morgan fingerprint density at radius 1 is 1.38 bits per heavy atom. The van der Waals surface area contributed by atoms with Gasteiger partial charge in [-0.2, -0.15) is 0 Å². The lowest BCUT2D eigenvalue weighted by molar-refractivity contribution is 1.21. The topological polar surface area (TPSA) is 12.4 Å². The van der Waals surface area contributed by atoms with Crippen molar-refractivity contribution in [2.45, 2.75) is 34.1 Å². The second-order valence-corrected chi connectivity index (χ2v) is 2.16. The number of rotatable bonds is 4. The Kier molecular flexibility index (Phi) is 14.9. The number of hydrogen-bond acceptors (Lipinski definition) is 1. The molecule has 0 aromatic rings. The first-order valence-corrected chi connectivity index (χ1v) is 4.79. The monoisotopic (exact) mass is 179 g/mol. The molecule has 0 rings (SSSR count). The molecule has 0 amide bonds. The first-order chi connectivity index (χ1) is 6.31. The maximum Gasteiger partial charge on any atom is 0.0372 e. The van der Waals surface area contributed by atoms with Gasteiger partial charge in [-0.3, -0.25) is 4.99 Å². The van der Waals surface area contributed by atoms with Crippen LogP contribution in [0.3, 0.4) is 0 Å². The van der Waals surface area contributed by atoms with Crippen LogP contribution in [0, 0.1) is 0 Å². The molecule has 1 nitrogen and oxygen atoms in total. The molecule has 0 fully saturated rings. The van der Waals surface area contributed by atoms with Gasteiger partial charge in [0.1, 0.15) is 0 Å². The van der Waals surface area contributed by atoms with Crippen molar-refractivity contribution in [2.75, 3.05) is 0 Å². The fourth-order valence-corrected chi connectivity index (χ4v) is 0.526. The molecule has 0 bridgehead atoms. The Labute approximate surface area is 82.6 Å². The summed E-state index contributed by atoms with van der Waals surface area (Å²) < 4.78 is 0. The molecule has 1 heteroatoms. The average molecular weight is 179 g/mol. The molecule has 0 heterocycles. The minimum atomic E-state index is 0.995. The second-order valence-electron chi connectivity index (χ2n) is 2.16. The predicted molar refractivity (Wildman–Crippen MR) is 63.2 cm³/mol. The largest absolute Gasteiger partial charge is 0.262 e. The molecule has 13 heavy (non-hydrogen) atoms. The van der Waals surface area contributed by atoms with Gasteiger partial charge in [0, 0.05) is 11.9 Å². The highest BCUT2D eigenvalue weighted by molar-refractivity contribution is 5.93. The summed E-state index contributed by atoms with van der Waals surface area (Å²) in [5.41, 5.74) is 0.995. The van der Waals surface area contributed by atoms with Crippen LogP contribution in [-0.4, -0.2) is 5.71 Å². The van der Waals surface area contributed by atoms with Crippen molar-refractivity contribution >= 4 is 5.71 Å². The smallest absolute Gasteiger partial charge is 0.0372 e. The van der Waals surface area contributed by atoms with Crippen LogP contribution in [0.2, 0.25) is 0 Å². The van der Waals surface area contributed by atoms with E-state index in [1.165, 1.54) is 0 Å². The third-order valence-electron chi connectivity index (χ3n) is 1.09. The number of nitrogens with zero attached hydrogens (tertiary/aromatic N) is 1. The zero-order valence-electron chi connectivity index (χ0n) is 9.25. The molecule has 0 N–H and O–H groups in total. The van der Waals surface area contributed by atoms with Crippen molar-refractivity contribution in [1.82, 2.24) is 0 Å². The number of hydrogen-bond donors (Lipinski definition) is 0. The quantitative estimate of drug-likeness (QED) is 0.454. The molecular weight excluding hydrogens is 158 g/mol. The highest BCUT2D eigenvalue weighted by Crippen LogP contribution is 1.85. The van der Waals surface area contributed by atoms with E-state index in [4.69, 9.17) is 0 Å². The van der Waals surface area contributed by atoms with Crippen LogP contribution in [-0.2, 0) is 0 Å². The molecular formula is C12H21N. The molecule has 0 saturated carbocycles. The summed E-state index contributed by atoms with van der Waals surface area (Å²) in [5, 5.41) is 0.